The number of nitriles is 1. The zero-order valence-electron chi connectivity index (χ0n) is 16.9. The molecule has 4 heterocycles. The van der Waals surface area contributed by atoms with Crippen LogP contribution in [0.25, 0.3) is 11.0 Å². The molecule has 2 N–H and O–H groups in total. The van der Waals surface area contributed by atoms with Gasteiger partial charge in [-0.25, -0.2) is 0 Å². The number of fused-ring (bicyclic) bond motifs is 1. The van der Waals surface area contributed by atoms with Gasteiger partial charge < -0.3 is 19.9 Å². The van der Waals surface area contributed by atoms with E-state index in [2.05, 4.69) is 38.0 Å². The van der Waals surface area contributed by atoms with E-state index in [9.17, 15) is 10.1 Å². The summed E-state index contributed by atoms with van der Waals surface area (Å²) in [4.78, 5) is 25.8. The lowest BCUT2D eigenvalue weighted by Crippen LogP contribution is -2.43. The van der Waals surface area contributed by atoms with E-state index in [0.717, 1.165) is 31.4 Å². The molecule has 2 fully saturated rings. The van der Waals surface area contributed by atoms with Crippen LogP contribution in [0, 0.1) is 11.3 Å². The molecule has 1 saturated heterocycles. The summed E-state index contributed by atoms with van der Waals surface area (Å²) in [5.74, 6) is 0.548. The van der Waals surface area contributed by atoms with Crippen molar-refractivity contribution in [3.8, 4) is 11.9 Å². The fourth-order valence-electron chi connectivity index (χ4n) is 3.82. The number of rotatable bonds is 6. The van der Waals surface area contributed by atoms with Crippen LogP contribution in [-0.4, -0.2) is 54.7 Å². The fraction of sp³-hybridized carbons (Fsp3) is 0.381. The molecule has 1 amide bonds. The van der Waals surface area contributed by atoms with Gasteiger partial charge in [-0.3, -0.25) is 9.48 Å². The molecule has 3 aromatic heterocycles. The normalized spacial score (nSPS) is 18.5. The molecule has 0 bridgehead atoms. The van der Waals surface area contributed by atoms with Gasteiger partial charge in [-0.15, -0.1) is 0 Å². The van der Waals surface area contributed by atoms with Crippen LogP contribution >= 0.6 is 0 Å². The predicted octanol–water partition coefficient (Wildman–Crippen LogP) is 2.66. The van der Waals surface area contributed by atoms with Crippen molar-refractivity contribution in [3.05, 3.63) is 36.8 Å². The summed E-state index contributed by atoms with van der Waals surface area (Å²) in [5.41, 5.74) is 1.70. The molecule has 0 aromatic carbocycles. The number of aromatic amines is 1. The Balaban J connectivity index is 1.43. The van der Waals surface area contributed by atoms with Gasteiger partial charge in [0, 0.05) is 18.9 Å². The molecule has 10 nitrogen and oxygen atoms in total. The maximum Gasteiger partial charge on any atom is 0.246 e. The molecule has 158 valence electrons. The monoisotopic (exact) mass is 418 g/mol. The number of ether oxygens (including phenoxy) is 1. The van der Waals surface area contributed by atoms with Gasteiger partial charge in [0.1, 0.15) is 17.8 Å². The van der Waals surface area contributed by atoms with Gasteiger partial charge in [0.05, 0.1) is 35.4 Å². The number of anilines is 2. The molecule has 3 aromatic rings. The van der Waals surface area contributed by atoms with Gasteiger partial charge in [-0.1, -0.05) is 6.58 Å². The van der Waals surface area contributed by atoms with Crippen molar-refractivity contribution in [1.29, 1.82) is 5.26 Å². The Morgan fingerprint density at radius 2 is 2.26 bits per heavy atom. The van der Waals surface area contributed by atoms with Crippen LogP contribution in [0.3, 0.4) is 0 Å². The third kappa shape index (κ3) is 3.82. The van der Waals surface area contributed by atoms with Crippen molar-refractivity contribution < 1.29 is 9.53 Å². The quantitative estimate of drug-likeness (QED) is 0.590. The number of hydrogen-bond donors (Lipinski definition) is 2. The minimum atomic E-state index is -0.234. The summed E-state index contributed by atoms with van der Waals surface area (Å²) in [6.45, 7) is 4.68. The molecule has 0 radical (unpaired) electrons. The number of carbonyl (C=O) groups is 1. The van der Waals surface area contributed by atoms with Crippen molar-refractivity contribution in [3.63, 3.8) is 0 Å². The zero-order chi connectivity index (χ0) is 21.4. The lowest BCUT2D eigenvalue weighted by molar-refractivity contribution is -0.128. The number of amides is 1. The first-order chi connectivity index (χ1) is 15.1. The second kappa shape index (κ2) is 7.75. The van der Waals surface area contributed by atoms with E-state index in [1.807, 2.05) is 10.9 Å². The van der Waals surface area contributed by atoms with Crippen LogP contribution in [0.2, 0.25) is 0 Å². The second-order valence-corrected chi connectivity index (χ2v) is 7.83. The minimum Gasteiger partial charge on any atom is -0.472 e. The Bertz CT molecular complexity index is 1190. The van der Waals surface area contributed by atoms with Crippen LogP contribution < -0.4 is 10.1 Å². The molecular formula is C21H22N8O2. The number of piperidine rings is 1. The number of nitrogens with one attached hydrogen (secondary N) is 2. The number of nitrogens with zero attached hydrogens (tertiary/aromatic N) is 6. The van der Waals surface area contributed by atoms with Crippen LogP contribution in [0.4, 0.5) is 11.6 Å². The first-order valence-corrected chi connectivity index (χ1v) is 10.3. The molecule has 5 rings (SSSR count). The van der Waals surface area contributed by atoms with Gasteiger partial charge >= 0.3 is 0 Å². The number of hydrogen-bond acceptors (Lipinski definition) is 7. The lowest BCUT2D eigenvalue weighted by atomic mass is 10.1. The molecule has 2 aliphatic rings. The van der Waals surface area contributed by atoms with Crippen molar-refractivity contribution in [2.75, 3.05) is 18.4 Å². The highest BCUT2D eigenvalue weighted by Crippen LogP contribution is 2.35. The highest BCUT2D eigenvalue weighted by atomic mass is 16.5. The molecule has 1 atom stereocenters. The average Bonchev–Trinajstić information content (AvgIpc) is 3.39. The number of likely N-dealkylation sites (tertiary alicyclic amines) is 1. The summed E-state index contributed by atoms with van der Waals surface area (Å²) >= 11 is 0. The van der Waals surface area contributed by atoms with Crippen LogP contribution in [-0.2, 0) is 4.79 Å². The molecule has 10 heteroatoms. The van der Waals surface area contributed by atoms with Crippen LogP contribution in [0.1, 0.15) is 37.3 Å². The van der Waals surface area contributed by atoms with Crippen molar-refractivity contribution in [1.82, 2.24) is 29.6 Å². The first-order valence-electron chi connectivity index (χ1n) is 10.3. The minimum absolute atomic E-state index is 0.115. The molecule has 1 saturated carbocycles. The first kappa shape index (κ1) is 19.1. The predicted molar refractivity (Wildman–Crippen MR) is 113 cm³/mol. The molecule has 0 spiro atoms. The Morgan fingerprint density at radius 1 is 1.39 bits per heavy atom. The SMILES string of the molecule is C=CC(=O)N1CCCC(Oc2nc(Nc3cnn(C4CC4)c3)nc3[nH]cc(C#N)c23)C1. The summed E-state index contributed by atoms with van der Waals surface area (Å²) < 4.78 is 8.15. The maximum absolute atomic E-state index is 12.0. The van der Waals surface area contributed by atoms with E-state index in [-0.39, 0.29) is 12.0 Å². The van der Waals surface area contributed by atoms with Gasteiger partial charge in [0.25, 0.3) is 0 Å². The van der Waals surface area contributed by atoms with Crippen molar-refractivity contribution in [2.45, 2.75) is 37.8 Å². The van der Waals surface area contributed by atoms with E-state index in [0.29, 0.717) is 47.6 Å². The number of aromatic nitrogens is 5. The van der Waals surface area contributed by atoms with E-state index in [1.54, 1.807) is 17.3 Å². The van der Waals surface area contributed by atoms with E-state index < -0.39 is 0 Å². The van der Waals surface area contributed by atoms with Crippen LogP contribution in [0.5, 0.6) is 5.88 Å². The number of carbonyl (C=O) groups excluding carboxylic acids is 1. The lowest BCUT2D eigenvalue weighted by Gasteiger charge is -2.32. The van der Waals surface area contributed by atoms with Crippen molar-refractivity contribution in [2.24, 2.45) is 0 Å². The summed E-state index contributed by atoms with van der Waals surface area (Å²) in [6, 6.07) is 2.63. The summed E-state index contributed by atoms with van der Waals surface area (Å²) in [5, 5.41) is 17.6. The fourth-order valence-corrected chi connectivity index (χ4v) is 3.82. The summed E-state index contributed by atoms with van der Waals surface area (Å²) in [6.07, 6.45) is 10.2. The van der Waals surface area contributed by atoms with Gasteiger partial charge in [0.15, 0.2) is 0 Å². The van der Waals surface area contributed by atoms with Crippen molar-refractivity contribution >= 4 is 28.6 Å². The second-order valence-electron chi connectivity index (χ2n) is 7.83. The third-order valence-corrected chi connectivity index (χ3v) is 5.54. The third-order valence-electron chi connectivity index (χ3n) is 5.54. The molecule has 31 heavy (non-hydrogen) atoms. The molecule has 1 aliphatic carbocycles. The molecule has 1 aliphatic heterocycles. The van der Waals surface area contributed by atoms with Gasteiger partial charge in [-0.05, 0) is 31.8 Å². The average molecular weight is 418 g/mol. The van der Waals surface area contributed by atoms with E-state index >= 15 is 0 Å². The Hall–Kier alpha value is -3.87. The standard InChI is InChI=1S/C21H22N8O2/c1-2-17(30)28-7-3-4-16(12-28)31-20-18-13(8-22)9-23-19(18)26-21(27-20)25-14-10-24-29(11-14)15-5-6-15/h2,9-11,15-16H,1,3-7,12H2,(H2,23,25,26,27). The molecule has 1 unspecified atom stereocenters. The Labute approximate surface area is 178 Å². The Morgan fingerprint density at radius 3 is 3.03 bits per heavy atom. The highest BCUT2D eigenvalue weighted by Gasteiger charge is 2.27. The smallest absolute Gasteiger partial charge is 0.246 e. The Kier molecular flexibility index (Phi) is 4.78. The van der Waals surface area contributed by atoms with Gasteiger partial charge in [-0.2, -0.15) is 20.3 Å². The zero-order valence-corrected chi connectivity index (χ0v) is 16.9. The van der Waals surface area contributed by atoms with E-state index in [4.69, 9.17) is 4.74 Å². The number of H-pyrrole nitrogens is 1. The molecular weight excluding hydrogens is 396 g/mol. The highest BCUT2D eigenvalue weighted by molar-refractivity contribution is 5.88. The largest absolute Gasteiger partial charge is 0.472 e. The van der Waals surface area contributed by atoms with Crippen LogP contribution in [0.15, 0.2) is 31.2 Å². The van der Waals surface area contributed by atoms with E-state index in [1.165, 1.54) is 6.08 Å². The maximum atomic E-state index is 12.0. The topological polar surface area (TPSA) is 125 Å². The van der Waals surface area contributed by atoms with Gasteiger partial charge in [0.2, 0.25) is 17.7 Å². The summed E-state index contributed by atoms with van der Waals surface area (Å²) in [7, 11) is 0.